The Balaban J connectivity index is 1.49. The van der Waals surface area contributed by atoms with Gasteiger partial charge in [-0.15, -0.1) is 0 Å². The molecule has 45 heavy (non-hydrogen) atoms. The minimum Gasteiger partial charge on any atom is -0.387 e. The molecule has 0 aromatic rings. The summed E-state index contributed by atoms with van der Waals surface area (Å²) in [6.07, 6.45) is 27.4. The molecule has 5 heteroatoms. The Morgan fingerprint density at radius 2 is 1.33 bits per heavy atom. The van der Waals surface area contributed by atoms with Crippen molar-refractivity contribution in [2.75, 3.05) is 0 Å². The summed E-state index contributed by atoms with van der Waals surface area (Å²) in [5.74, 6) is 0.414. The fraction of sp³-hybridized carbons (Fsp3) is 0.550. The maximum absolute atomic E-state index is 12.9. The maximum atomic E-state index is 12.9. The highest BCUT2D eigenvalue weighted by Gasteiger charge is 2.67. The summed E-state index contributed by atoms with van der Waals surface area (Å²) in [5.41, 5.74) is 1.83. The lowest BCUT2D eigenvalue weighted by atomic mass is 9.61. The van der Waals surface area contributed by atoms with Crippen molar-refractivity contribution in [2.24, 2.45) is 11.3 Å². The standard InChI is InChI=1S/C40H56O5/c1-28(17-13-18-30(3)21-22-40-37(7,8)25-35(45-40)26-39(40,10)43)15-11-12-16-29(2)19-14-20-31(4)36(42)27-38(9)32(5)23-34(44-38)24-33(6)41/h11-22,32,34-35,43H,23-27H2,1-10H3/b12-11+,17-13+,19-14+,22-21+,28-15+,29-16+,30-18+,31-20+. The summed E-state index contributed by atoms with van der Waals surface area (Å²) in [6.45, 7) is 19.9. The summed E-state index contributed by atoms with van der Waals surface area (Å²) in [4.78, 5) is 24.4. The Hall–Kier alpha value is -2.86. The number of ketones is 2. The highest BCUT2D eigenvalue weighted by Crippen LogP contribution is 2.60. The zero-order valence-electron chi connectivity index (χ0n) is 29.3. The topological polar surface area (TPSA) is 72.8 Å². The first-order valence-electron chi connectivity index (χ1n) is 16.4. The van der Waals surface area contributed by atoms with Gasteiger partial charge in [0, 0.05) is 24.7 Å². The molecule has 0 amide bonds. The van der Waals surface area contributed by atoms with Gasteiger partial charge in [0.15, 0.2) is 5.78 Å². The van der Waals surface area contributed by atoms with Crippen LogP contribution in [0.25, 0.3) is 0 Å². The lowest BCUT2D eigenvalue weighted by Gasteiger charge is -2.46. The van der Waals surface area contributed by atoms with E-state index in [1.807, 2.05) is 70.2 Å². The third-order valence-corrected chi connectivity index (χ3v) is 9.92. The lowest BCUT2D eigenvalue weighted by molar-refractivity contribution is -0.126. The number of carbonyl (C=O) groups excluding carboxylic acids is 2. The van der Waals surface area contributed by atoms with Gasteiger partial charge in [-0.1, -0.05) is 104 Å². The van der Waals surface area contributed by atoms with Crippen LogP contribution in [0.3, 0.4) is 0 Å². The molecule has 0 radical (unpaired) electrons. The van der Waals surface area contributed by atoms with Crippen LogP contribution in [0.15, 0.2) is 95.2 Å². The number of hydrogen-bond donors (Lipinski definition) is 1. The lowest BCUT2D eigenvalue weighted by Crippen LogP contribution is -2.56. The minimum absolute atomic E-state index is 0.0698. The molecular weight excluding hydrogens is 560 g/mol. The Bertz CT molecular complexity index is 1340. The van der Waals surface area contributed by atoms with Crippen molar-refractivity contribution >= 4 is 11.6 Å². The zero-order chi connectivity index (χ0) is 33.6. The SMILES string of the molecule is CC(=O)CC1CC(C)C(C)(CC(=O)/C(C)=C/C=C/C(C)=C/C=C/C=C(C)/C=C/C=C(C)/C=C/C23OC(CC2(C)C)CC3(C)O)O1. The molecule has 246 valence electrons. The van der Waals surface area contributed by atoms with E-state index in [4.69, 9.17) is 9.47 Å². The van der Waals surface area contributed by atoms with Crippen LogP contribution in [0.1, 0.15) is 101 Å². The number of allylic oxidation sites excluding steroid dienone is 15. The van der Waals surface area contributed by atoms with Gasteiger partial charge in [-0.25, -0.2) is 0 Å². The molecule has 6 atom stereocenters. The summed E-state index contributed by atoms with van der Waals surface area (Å²) in [6, 6.07) is 0. The van der Waals surface area contributed by atoms with Crippen LogP contribution in [0, 0.1) is 11.3 Å². The fourth-order valence-electron chi connectivity index (χ4n) is 7.12. The predicted molar refractivity (Wildman–Crippen MR) is 185 cm³/mol. The Labute approximate surface area is 272 Å². The van der Waals surface area contributed by atoms with E-state index < -0.39 is 16.8 Å². The molecule has 3 saturated heterocycles. The zero-order valence-corrected chi connectivity index (χ0v) is 29.3. The normalized spacial score (nSPS) is 34.4. The van der Waals surface area contributed by atoms with Gasteiger partial charge in [0.1, 0.15) is 11.4 Å². The number of ether oxygens (including phenoxy) is 2. The number of rotatable bonds is 13. The molecule has 6 unspecified atom stereocenters. The van der Waals surface area contributed by atoms with E-state index in [0.717, 1.165) is 29.6 Å². The molecule has 0 aliphatic carbocycles. The van der Waals surface area contributed by atoms with Crippen molar-refractivity contribution in [1.29, 1.82) is 0 Å². The van der Waals surface area contributed by atoms with Crippen molar-refractivity contribution in [3.63, 3.8) is 0 Å². The van der Waals surface area contributed by atoms with E-state index in [2.05, 4.69) is 65.0 Å². The first-order chi connectivity index (χ1) is 20.9. The Kier molecular flexibility index (Phi) is 12.0. The fourth-order valence-corrected chi connectivity index (χ4v) is 7.12. The van der Waals surface area contributed by atoms with Crippen LogP contribution in [0.2, 0.25) is 0 Å². The van der Waals surface area contributed by atoms with Crippen molar-refractivity contribution in [3.05, 3.63) is 95.2 Å². The molecule has 0 saturated carbocycles. The first-order valence-corrected chi connectivity index (χ1v) is 16.4. The van der Waals surface area contributed by atoms with Crippen molar-refractivity contribution in [3.8, 4) is 0 Å². The highest BCUT2D eigenvalue weighted by atomic mass is 16.5. The summed E-state index contributed by atoms with van der Waals surface area (Å²) in [7, 11) is 0. The van der Waals surface area contributed by atoms with Gasteiger partial charge >= 0.3 is 0 Å². The quantitative estimate of drug-likeness (QED) is 0.165. The maximum Gasteiger partial charge on any atom is 0.161 e. The molecule has 2 bridgehead atoms. The molecule has 3 aliphatic heterocycles. The predicted octanol–water partition coefficient (Wildman–Crippen LogP) is 8.83. The van der Waals surface area contributed by atoms with E-state index in [1.54, 1.807) is 6.92 Å². The monoisotopic (exact) mass is 616 g/mol. The summed E-state index contributed by atoms with van der Waals surface area (Å²) < 4.78 is 12.5. The second kappa shape index (κ2) is 14.7. The Morgan fingerprint density at radius 1 is 0.778 bits per heavy atom. The van der Waals surface area contributed by atoms with Crippen LogP contribution in [-0.4, -0.2) is 45.7 Å². The van der Waals surface area contributed by atoms with Gasteiger partial charge in [0.2, 0.25) is 0 Å². The van der Waals surface area contributed by atoms with Gasteiger partial charge in [-0.05, 0) is 78.9 Å². The molecule has 3 heterocycles. The van der Waals surface area contributed by atoms with E-state index >= 15 is 0 Å². The molecule has 3 rings (SSSR count). The highest BCUT2D eigenvalue weighted by molar-refractivity contribution is 5.95. The number of aliphatic hydroxyl groups is 1. The smallest absolute Gasteiger partial charge is 0.161 e. The largest absolute Gasteiger partial charge is 0.387 e. The van der Waals surface area contributed by atoms with Gasteiger partial charge in [-0.2, -0.15) is 0 Å². The third-order valence-electron chi connectivity index (χ3n) is 9.92. The van der Waals surface area contributed by atoms with Crippen LogP contribution >= 0.6 is 0 Å². The van der Waals surface area contributed by atoms with E-state index in [1.165, 1.54) is 0 Å². The van der Waals surface area contributed by atoms with E-state index in [0.29, 0.717) is 24.8 Å². The second-order valence-electron chi connectivity index (χ2n) is 14.8. The number of hydrogen-bond acceptors (Lipinski definition) is 5. The van der Waals surface area contributed by atoms with Crippen LogP contribution in [-0.2, 0) is 19.1 Å². The average molecular weight is 617 g/mol. The third kappa shape index (κ3) is 9.12. The number of carbonyl (C=O) groups is 2. The van der Waals surface area contributed by atoms with Crippen LogP contribution < -0.4 is 0 Å². The molecular formula is C40H56O5. The molecule has 0 aromatic heterocycles. The Morgan fingerprint density at radius 3 is 1.89 bits per heavy atom. The first kappa shape index (κ1) is 36.6. The molecule has 0 aromatic carbocycles. The molecule has 5 nitrogen and oxygen atoms in total. The molecule has 1 N–H and O–H groups in total. The van der Waals surface area contributed by atoms with Gasteiger partial charge in [0.25, 0.3) is 0 Å². The van der Waals surface area contributed by atoms with Crippen LogP contribution in [0.4, 0.5) is 0 Å². The van der Waals surface area contributed by atoms with Crippen LogP contribution in [0.5, 0.6) is 0 Å². The number of fused-ring (bicyclic) bond motifs is 2. The average Bonchev–Trinajstić information content (AvgIpc) is 3.45. The molecule has 3 fully saturated rings. The second-order valence-corrected chi connectivity index (χ2v) is 14.8. The van der Waals surface area contributed by atoms with Crippen molar-refractivity contribution in [1.82, 2.24) is 0 Å². The molecule has 0 spiro atoms. The van der Waals surface area contributed by atoms with Gasteiger partial charge < -0.3 is 14.6 Å². The van der Waals surface area contributed by atoms with Crippen molar-refractivity contribution in [2.45, 2.75) is 130 Å². The van der Waals surface area contributed by atoms with E-state index in [-0.39, 0.29) is 35.1 Å². The summed E-state index contributed by atoms with van der Waals surface area (Å²) in [5, 5.41) is 11.1. The van der Waals surface area contributed by atoms with Gasteiger partial charge in [-0.3, -0.25) is 9.59 Å². The van der Waals surface area contributed by atoms with Crippen molar-refractivity contribution < 1.29 is 24.2 Å². The molecule has 3 aliphatic rings. The summed E-state index contributed by atoms with van der Waals surface area (Å²) >= 11 is 0. The van der Waals surface area contributed by atoms with Gasteiger partial charge in [0.05, 0.1) is 23.4 Å². The minimum atomic E-state index is -0.861. The number of Topliss-reactive ketones (excluding diaryl/α,β-unsaturated/α-hetero) is 2. The van der Waals surface area contributed by atoms with E-state index in [9.17, 15) is 14.7 Å².